The number of benzene rings is 2. The van der Waals surface area contributed by atoms with Gasteiger partial charge in [0, 0.05) is 11.0 Å². The van der Waals surface area contributed by atoms with E-state index in [9.17, 15) is 4.79 Å². The number of esters is 1. The molecule has 0 N–H and O–H groups in total. The van der Waals surface area contributed by atoms with Gasteiger partial charge in [-0.1, -0.05) is 49.1 Å². The van der Waals surface area contributed by atoms with Crippen molar-refractivity contribution in [2.45, 2.75) is 12.8 Å². The lowest BCUT2D eigenvalue weighted by Crippen LogP contribution is -2.10. The first kappa shape index (κ1) is 13.1. The van der Waals surface area contributed by atoms with Crippen molar-refractivity contribution >= 4 is 16.7 Å². The van der Waals surface area contributed by atoms with Crippen LogP contribution in [0.5, 0.6) is 5.75 Å². The minimum absolute atomic E-state index is 0.377. The second-order valence-corrected chi connectivity index (χ2v) is 4.30. The topological polar surface area (TPSA) is 26.3 Å². The van der Waals surface area contributed by atoms with E-state index in [0.717, 1.165) is 17.2 Å². The van der Waals surface area contributed by atoms with Crippen molar-refractivity contribution in [3.05, 3.63) is 67.3 Å². The second kappa shape index (κ2) is 6.01. The van der Waals surface area contributed by atoms with Gasteiger partial charge in [0.2, 0.25) is 0 Å². The van der Waals surface area contributed by atoms with Crippen molar-refractivity contribution in [3.8, 4) is 5.75 Å². The first-order valence-electron chi connectivity index (χ1n) is 6.21. The Morgan fingerprint density at radius 1 is 1.16 bits per heavy atom. The zero-order valence-corrected chi connectivity index (χ0v) is 10.8. The Hall–Kier alpha value is -2.35. The second-order valence-electron chi connectivity index (χ2n) is 4.30. The Labute approximate surface area is 113 Å². The Morgan fingerprint density at radius 2 is 1.89 bits per heavy atom. The Kier molecular flexibility index (Phi) is 4.14. The molecule has 0 saturated carbocycles. The fourth-order valence-corrected chi connectivity index (χ4v) is 1.84. The molecule has 0 aliphatic rings. The van der Waals surface area contributed by atoms with Gasteiger partial charge in [-0.15, -0.1) is 6.58 Å². The molecule has 0 aliphatic heterocycles. The molecule has 0 atom stereocenters. The molecule has 0 aliphatic carbocycles. The van der Waals surface area contributed by atoms with Crippen LogP contribution in [-0.2, 0) is 4.79 Å². The van der Waals surface area contributed by atoms with Gasteiger partial charge in [-0.3, -0.25) is 0 Å². The van der Waals surface area contributed by atoms with Crippen LogP contribution in [0.15, 0.2) is 67.3 Å². The summed E-state index contributed by atoms with van der Waals surface area (Å²) in [4.78, 5) is 11.9. The summed E-state index contributed by atoms with van der Waals surface area (Å²) in [7, 11) is 0. The maximum atomic E-state index is 11.9. The lowest BCUT2D eigenvalue weighted by atomic mass is 10.1. The molecule has 0 spiro atoms. The predicted octanol–water partition coefficient (Wildman–Crippen LogP) is 4.27. The van der Waals surface area contributed by atoms with Crippen molar-refractivity contribution in [2.24, 2.45) is 0 Å². The van der Waals surface area contributed by atoms with Gasteiger partial charge in [-0.05, 0) is 24.3 Å². The molecule has 96 valence electrons. The molecular weight excluding hydrogens is 236 g/mol. The van der Waals surface area contributed by atoms with Crippen LogP contribution in [0.4, 0.5) is 0 Å². The smallest absolute Gasteiger partial charge is 0.338 e. The molecule has 0 unspecified atom stereocenters. The van der Waals surface area contributed by atoms with E-state index >= 15 is 0 Å². The Morgan fingerprint density at radius 3 is 2.68 bits per heavy atom. The molecule has 0 aromatic heterocycles. The highest BCUT2D eigenvalue weighted by molar-refractivity contribution is 5.94. The van der Waals surface area contributed by atoms with E-state index < -0.39 is 0 Å². The Balaban J connectivity index is 2.19. The van der Waals surface area contributed by atoms with E-state index in [4.69, 9.17) is 4.74 Å². The number of hydrogen-bond donors (Lipinski definition) is 0. The maximum absolute atomic E-state index is 11.9. The molecule has 0 radical (unpaired) electrons. The fourth-order valence-electron chi connectivity index (χ4n) is 1.84. The first-order chi connectivity index (χ1) is 9.22. The maximum Gasteiger partial charge on any atom is 0.338 e. The third-order valence-electron chi connectivity index (χ3n) is 2.89. The molecule has 2 aromatic carbocycles. The van der Waals surface area contributed by atoms with Crippen molar-refractivity contribution in [1.82, 2.24) is 0 Å². The summed E-state index contributed by atoms with van der Waals surface area (Å²) in [6.45, 7) is 7.37. The van der Waals surface area contributed by atoms with Crippen LogP contribution in [-0.4, -0.2) is 5.97 Å². The summed E-state index contributed by atoms with van der Waals surface area (Å²) in [6, 6.07) is 13.4. The predicted molar refractivity (Wildman–Crippen MR) is 78.2 cm³/mol. The number of fused-ring (bicyclic) bond motifs is 1. The molecule has 2 rings (SSSR count). The summed E-state index contributed by atoms with van der Waals surface area (Å²) < 4.78 is 5.41. The highest BCUT2D eigenvalue weighted by Gasteiger charge is 2.10. The summed E-state index contributed by atoms with van der Waals surface area (Å²) in [5, 5.41) is 1.97. The largest absolute Gasteiger partial charge is 0.423 e. The number of hydrogen-bond acceptors (Lipinski definition) is 2. The normalized spacial score (nSPS) is 10.1. The molecule has 0 bridgehead atoms. The van der Waals surface area contributed by atoms with Gasteiger partial charge in [-0.25, -0.2) is 4.79 Å². The zero-order valence-electron chi connectivity index (χ0n) is 10.8. The molecule has 0 heterocycles. The number of ether oxygens (including phenoxy) is 1. The standard InChI is InChI=1S/C17H16O2/c1-3-4-8-13(2)17(18)19-16-12-7-10-14-9-5-6-11-15(14)16/h3,5-7,9-12H,1-2,4,8H2. The van der Waals surface area contributed by atoms with Crippen LogP contribution in [0.3, 0.4) is 0 Å². The van der Waals surface area contributed by atoms with Gasteiger partial charge in [0.05, 0.1) is 0 Å². The highest BCUT2D eigenvalue weighted by atomic mass is 16.5. The molecule has 0 fully saturated rings. The number of carbonyl (C=O) groups is 1. The third-order valence-corrected chi connectivity index (χ3v) is 2.89. The highest BCUT2D eigenvalue weighted by Crippen LogP contribution is 2.26. The van der Waals surface area contributed by atoms with Crippen LogP contribution in [0.1, 0.15) is 12.8 Å². The van der Waals surface area contributed by atoms with E-state index in [0.29, 0.717) is 17.7 Å². The molecule has 2 heteroatoms. The SMILES string of the molecule is C=CCCC(=C)C(=O)Oc1cccc2ccccc12. The van der Waals surface area contributed by atoms with Gasteiger partial charge < -0.3 is 4.74 Å². The number of carbonyl (C=O) groups excluding carboxylic acids is 1. The lowest BCUT2D eigenvalue weighted by Gasteiger charge is -2.08. The van der Waals surface area contributed by atoms with E-state index in [-0.39, 0.29) is 5.97 Å². The van der Waals surface area contributed by atoms with Gasteiger partial charge in [0.25, 0.3) is 0 Å². The van der Waals surface area contributed by atoms with Gasteiger partial charge in [0.15, 0.2) is 0 Å². The van der Waals surface area contributed by atoms with Crippen molar-refractivity contribution in [2.75, 3.05) is 0 Å². The van der Waals surface area contributed by atoms with Crippen LogP contribution in [0.25, 0.3) is 10.8 Å². The van der Waals surface area contributed by atoms with E-state index in [1.54, 1.807) is 12.1 Å². The molecule has 0 saturated heterocycles. The molecule has 2 aromatic rings. The zero-order chi connectivity index (χ0) is 13.7. The number of allylic oxidation sites excluding steroid dienone is 1. The van der Waals surface area contributed by atoms with E-state index in [1.165, 1.54) is 0 Å². The molecule has 19 heavy (non-hydrogen) atoms. The van der Waals surface area contributed by atoms with Crippen LogP contribution in [0.2, 0.25) is 0 Å². The quantitative estimate of drug-likeness (QED) is 0.344. The summed E-state index contributed by atoms with van der Waals surface area (Å²) in [6.07, 6.45) is 3.06. The molecular formula is C17H16O2. The fraction of sp³-hybridized carbons (Fsp3) is 0.118. The number of rotatable bonds is 5. The average molecular weight is 252 g/mol. The van der Waals surface area contributed by atoms with Gasteiger partial charge >= 0.3 is 5.97 Å². The van der Waals surface area contributed by atoms with Crippen molar-refractivity contribution < 1.29 is 9.53 Å². The minimum Gasteiger partial charge on any atom is -0.423 e. The van der Waals surface area contributed by atoms with Crippen LogP contribution < -0.4 is 4.74 Å². The monoisotopic (exact) mass is 252 g/mol. The lowest BCUT2D eigenvalue weighted by molar-refractivity contribution is -0.130. The summed E-state index contributed by atoms with van der Waals surface area (Å²) >= 11 is 0. The van der Waals surface area contributed by atoms with Gasteiger partial charge in [0.1, 0.15) is 5.75 Å². The third kappa shape index (κ3) is 3.10. The average Bonchev–Trinajstić information content (AvgIpc) is 2.45. The van der Waals surface area contributed by atoms with Crippen molar-refractivity contribution in [3.63, 3.8) is 0 Å². The van der Waals surface area contributed by atoms with Crippen molar-refractivity contribution in [1.29, 1.82) is 0 Å². The summed E-state index contributed by atoms with van der Waals surface area (Å²) in [5.41, 5.74) is 0.466. The first-order valence-corrected chi connectivity index (χ1v) is 6.21. The molecule has 0 amide bonds. The minimum atomic E-state index is -0.377. The van der Waals surface area contributed by atoms with Gasteiger partial charge in [-0.2, -0.15) is 0 Å². The summed E-state index contributed by atoms with van der Waals surface area (Å²) in [5.74, 6) is 0.195. The van der Waals surface area contributed by atoms with Crippen LogP contribution >= 0.6 is 0 Å². The molecule has 2 nitrogen and oxygen atoms in total. The van der Waals surface area contributed by atoms with E-state index in [2.05, 4.69) is 13.2 Å². The van der Waals surface area contributed by atoms with Crippen LogP contribution in [0, 0.1) is 0 Å². The van der Waals surface area contributed by atoms with E-state index in [1.807, 2.05) is 36.4 Å². The Bertz CT molecular complexity index is 621.